The Labute approximate surface area is 329 Å². The number of allylic oxidation sites excluding steroid dienone is 14. The summed E-state index contributed by atoms with van der Waals surface area (Å²) < 4.78 is 0. The lowest BCUT2D eigenvalue weighted by molar-refractivity contribution is 1.02. The summed E-state index contributed by atoms with van der Waals surface area (Å²) in [6.07, 6.45) is 26.5. The number of benzene rings is 3. The highest BCUT2D eigenvalue weighted by atomic mass is 15.1. The SMILES string of the molecule is C=C/C=C\C1=C(C)C2=CC=CC(C3=CC=C(N(c4ccccc4)c4ccc(-c5cc(-c6ccccn6)nc(-c6ccccn6)c5)cc4)CC=C3)c3cccc1c32. The predicted octanol–water partition coefficient (Wildman–Crippen LogP) is 13.0. The lowest BCUT2D eigenvalue weighted by Crippen LogP contribution is -2.15. The van der Waals surface area contributed by atoms with E-state index in [1.165, 1.54) is 44.7 Å². The number of nitrogens with zero attached hydrogens (tertiary/aromatic N) is 4. The van der Waals surface area contributed by atoms with Crippen LogP contribution in [-0.2, 0) is 0 Å². The summed E-state index contributed by atoms with van der Waals surface area (Å²) in [7, 11) is 0. The second-order valence-corrected chi connectivity index (χ2v) is 14.1. The molecule has 4 nitrogen and oxygen atoms in total. The molecular weight excluding hydrogens is 681 g/mol. The van der Waals surface area contributed by atoms with Gasteiger partial charge in [-0.05, 0) is 124 Å². The van der Waals surface area contributed by atoms with Crippen molar-refractivity contribution in [1.82, 2.24) is 15.0 Å². The smallest absolute Gasteiger partial charge is 0.0900 e. The van der Waals surface area contributed by atoms with Crippen LogP contribution in [0.1, 0.15) is 36.0 Å². The molecule has 3 aliphatic carbocycles. The molecule has 0 radical (unpaired) electrons. The summed E-state index contributed by atoms with van der Waals surface area (Å²) in [5.74, 6) is 0.123. The Morgan fingerprint density at radius 2 is 1.41 bits per heavy atom. The lowest BCUT2D eigenvalue weighted by atomic mass is 9.85. The van der Waals surface area contributed by atoms with Gasteiger partial charge in [0, 0.05) is 41.8 Å². The highest BCUT2D eigenvalue weighted by molar-refractivity contribution is 6.04. The molecule has 0 bridgehead atoms. The molecular formula is C52H40N4. The van der Waals surface area contributed by atoms with E-state index in [1.54, 1.807) is 12.4 Å². The predicted molar refractivity (Wildman–Crippen MR) is 233 cm³/mol. The third-order valence-electron chi connectivity index (χ3n) is 10.7. The van der Waals surface area contributed by atoms with E-state index >= 15 is 0 Å². The average molecular weight is 721 g/mol. The Kier molecular flexibility index (Phi) is 9.44. The quantitative estimate of drug-likeness (QED) is 0.139. The van der Waals surface area contributed by atoms with Crippen LogP contribution in [0.25, 0.3) is 45.0 Å². The molecule has 3 heterocycles. The molecule has 0 fully saturated rings. The fourth-order valence-corrected chi connectivity index (χ4v) is 7.99. The zero-order chi connectivity index (χ0) is 37.8. The minimum Gasteiger partial charge on any atom is -0.314 e. The Morgan fingerprint density at radius 3 is 2.11 bits per heavy atom. The fourth-order valence-electron chi connectivity index (χ4n) is 7.99. The van der Waals surface area contributed by atoms with Crippen LogP contribution in [0, 0.1) is 0 Å². The molecule has 56 heavy (non-hydrogen) atoms. The zero-order valence-corrected chi connectivity index (χ0v) is 31.3. The van der Waals surface area contributed by atoms with Crippen LogP contribution in [0.3, 0.4) is 0 Å². The van der Waals surface area contributed by atoms with Crippen LogP contribution < -0.4 is 4.90 Å². The van der Waals surface area contributed by atoms with Gasteiger partial charge in [0.05, 0.1) is 22.8 Å². The summed E-state index contributed by atoms with van der Waals surface area (Å²) in [6, 6.07) is 42.2. The zero-order valence-electron chi connectivity index (χ0n) is 31.3. The topological polar surface area (TPSA) is 41.9 Å². The first-order valence-electron chi connectivity index (χ1n) is 19.1. The van der Waals surface area contributed by atoms with Crippen molar-refractivity contribution in [2.45, 2.75) is 19.3 Å². The molecule has 3 aromatic heterocycles. The number of aromatic nitrogens is 3. The Morgan fingerprint density at radius 1 is 0.696 bits per heavy atom. The van der Waals surface area contributed by atoms with Gasteiger partial charge in [0.15, 0.2) is 0 Å². The monoisotopic (exact) mass is 720 g/mol. The number of pyridine rings is 3. The van der Waals surface area contributed by atoms with Crippen molar-refractivity contribution in [3.8, 4) is 33.9 Å². The van der Waals surface area contributed by atoms with Crippen LogP contribution in [-0.4, -0.2) is 15.0 Å². The molecule has 0 N–H and O–H groups in total. The first kappa shape index (κ1) is 34.6. The van der Waals surface area contributed by atoms with Gasteiger partial charge in [-0.3, -0.25) is 9.97 Å². The molecule has 0 saturated carbocycles. The van der Waals surface area contributed by atoms with Gasteiger partial charge in [-0.2, -0.15) is 0 Å². The second-order valence-electron chi connectivity index (χ2n) is 14.1. The van der Waals surface area contributed by atoms with Crippen LogP contribution in [0.2, 0.25) is 0 Å². The van der Waals surface area contributed by atoms with Crippen molar-refractivity contribution < 1.29 is 0 Å². The first-order valence-corrected chi connectivity index (χ1v) is 19.1. The number of rotatable bonds is 9. The molecule has 1 atom stereocenters. The summed E-state index contributed by atoms with van der Waals surface area (Å²) in [5, 5.41) is 0. The van der Waals surface area contributed by atoms with Crippen molar-refractivity contribution in [2.24, 2.45) is 0 Å². The third-order valence-corrected chi connectivity index (χ3v) is 10.7. The molecule has 268 valence electrons. The van der Waals surface area contributed by atoms with E-state index in [0.717, 1.165) is 51.7 Å². The maximum Gasteiger partial charge on any atom is 0.0900 e. The van der Waals surface area contributed by atoms with Crippen molar-refractivity contribution in [3.63, 3.8) is 0 Å². The molecule has 0 amide bonds. The second kappa shape index (κ2) is 15.3. The van der Waals surface area contributed by atoms with Crippen molar-refractivity contribution in [1.29, 1.82) is 0 Å². The highest BCUT2D eigenvalue weighted by Crippen LogP contribution is 2.48. The van der Waals surface area contributed by atoms with E-state index in [2.05, 4.69) is 162 Å². The normalized spacial score (nSPS) is 15.8. The first-order chi connectivity index (χ1) is 27.7. The molecule has 0 spiro atoms. The van der Waals surface area contributed by atoms with Gasteiger partial charge < -0.3 is 4.90 Å². The highest BCUT2D eigenvalue weighted by Gasteiger charge is 2.29. The van der Waals surface area contributed by atoms with E-state index in [9.17, 15) is 0 Å². The third kappa shape index (κ3) is 6.63. The van der Waals surface area contributed by atoms with Crippen molar-refractivity contribution >= 4 is 22.5 Å². The van der Waals surface area contributed by atoms with Crippen LogP contribution in [0.5, 0.6) is 0 Å². The van der Waals surface area contributed by atoms with Crippen LogP contribution in [0.15, 0.2) is 218 Å². The Hall–Kier alpha value is -7.17. The largest absolute Gasteiger partial charge is 0.314 e. The number of para-hydroxylation sites is 1. The van der Waals surface area contributed by atoms with E-state index in [4.69, 9.17) is 4.98 Å². The summed E-state index contributed by atoms with van der Waals surface area (Å²) in [4.78, 5) is 16.6. The number of hydrogen-bond donors (Lipinski definition) is 0. The minimum absolute atomic E-state index is 0.123. The standard InChI is InChI=1S/C52H40N4/c1-3-4-19-43-36(2)44-20-13-21-45(47-23-14-22-46(43)52(44)47)38-15-12-18-41(31-28-38)56(40-16-6-5-7-17-40)42-29-26-37(27-30-42)39-34-50(48-24-8-10-32-53-48)55-51(35-39)49-25-9-11-33-54-49/h3-17,19-35,45H,1,18H2,2H3/b19-4-. The van der Waals surface area contributed by atoms with Gasteiger partial charge in [-0.1, -0.05) is 122 Å². The fraction of sp³-hybridized carbons (Fsp3) is 0.0577. The Balaban J connectivity index is 1.07. The number of hydrogen-bond acceptors (Lipinski definition) is 4. The van der Waals surface area contributed by atoms with E-state index in [0.29, 0.717) is 0 Å². The van der Waals surface area contributed by atoms with Crippen molar-refractivity contribution in [2.75, 3.05) is 4.90 Å². The summed E-state index contributed by atoms with van der Waals surface area (Å²) in [5.41, 5.74) is 17.9. The van der Waals surface area contributed by atoms with E-state index < -0.39 is 0 Å². The molecule has 0 aliphatic heterocycles. The van der Waals surface area contributed by atoms with Gasteiger partial charge >= 0.3 is 0 Å². The summed E-state index contributed by atoms with van der Waals surface area (Å²) >= 11 is 0. The van der Waals surface area contributed by atoms with E-state index in [-0.39, 0.29) is 5.92 Å². The molecule has 1 unspecified atom stereocenters. The maximum absolute atomic E-state index is 4.97. The van der Waals surface area contributed by atoms with Gasteiger partial charge in [0.2, 0.25) is 0 Å². The molecule has 4 heteroatoms. The van der Waals surface area contributed by atoms with Crippen LogP contribution in [0.4, 0.5) is 11.4 Å². The van der Waals surface area contributed by atoms with Gasteiger partial charge in [0.25, 0.3) is 0 Å². The number of anilines is 2. The summed E-state index contributed by atoms with van der Waals surface area (Å²) in [6.45, 7) is 6.13. The van der Waals surface area contributed by atoms with E-state index in [1.807, 2.05) is 48.6 Å². The molecule has 9 rings (SSSR count). The minimum atomic E-state index is 0.123. The molecule has 0 saturated heterocycles. The average Bonchev–Trinajstić information content (AvgIpc) is 3.44. The molecule has 3 aromatic carbocycles. The van der Waals surface area contributed by atoms with Gasteiger partial charge in [0.1, 0.15) is 0 Å². The lowest BCUT2D eigenvalue weighted by Gasteiger charge is -2.27. The van der Waals surface area contributed by atoms with Crippen LogP contribution >= 0.6 is 0 Å². The Bertz CT molecular complexity index is 2600. The van der Waals surface area contributed by atoms with Crippen molar-refractivity contribution in [3.05, 3.63) is 235 Å². The van der Waals surface area contributed by atoms with Gasteiger partial charge in [-0.25, -0.2) is 4.98 Å². The molecule has 3 aliphatic rings. The molecule has 6 aromatic rings. The van der Waals surface area contributed by atoms with Gasteiger partial charge in [-0.15, -0.1) is 0 Å². The maximum atomic E-state index is 4.97.